The number of carbonyl (C=O) groups is 1. The number of amides is 1. The van der Waals surface area contributed by atoms with Crippen LogP contribution in [-0.4, -0.2) is 73.9 Å². The number of aromatic nitrogens is 1. The standard InChI is InChI=1S/C25H36N4O4S/c1-19(2)29(20(3)4)34(31,32)23-11-12-24(26-18-23)27-14-16-28(17-15-27)25(30)13-8-21-6-9-22(33-5)10-7-21/h6-7,9-12,18-20H,8,13-17H2,1-5H3. The molecule has 3 rings (SSSR count). The monoisotopic (exact) mass is 488 g/mol. The Kier molecular flexibility index (Phi) is 8.54. The van der Waals surface area contributed by atoms with E-state index in [1.165, 1.54) is 10.5 Å². The maximum Gasteiger partial charge on any atom is 0.245 e. The van der Waals surface area contributed by atoms with Gasteiger partial charge in [-0.2, -0.15) is 4.31 Å². The van der Waals surface area contributed by atoms with Crippen LogP contribution in [0.3, 0.4) is 0 Å². The van der Waals surface area contributed by atoms with Gasteiger partial charge in [-0.15, -0.1) is 0 Å². The van der Waals surface area contributed by atoms with E-state index < -0.39 is 10.0 Å². The topological polar surface area (TPSA) is 83.0 Å². The van der Waals surface area contributed by atoms with E-state index in [2.05, 4.69) is 9.88 Å². The molecule has 0 unspecified atom stereocenters. The Bertz CT molecular complexity index is 1040. The van der Waals surface area contributed by atoms with E-state index in [9.17, 15) is 13.2 Å². The zero-order chi connectivity index (χ0) is 24.9. The average molecular weight is 489 g/mol. The minimum Gasteiger partial charge on any atom is -0.497 e. The van der Waals surface area contributed by atoms with Crippen LogP contribution in [0, 0.1) is 0 Å². The Labute approximate surface area is 203 Å². The maximum atomic E-state index is 13.0. The molecule has 1 aliphatic heterocycles. The van der Waals surface area contributed by atoms with Crippen molar-refractivity contribution in [3.8, 4) is 5.75 Å². The predicted octanol–water partition coefficient (Wildman–Crippen LogP) is 3.18. The molecule has 1 fully saturated rings. The summed E-state index contributed by atoms with van der Waals surface area (Å²) in [7, 11) is -1.97. The third-order valence-electron chi connectivity index (χ3n) is 6.06. The van der Waals surface area contributed by atoms with Crippen LogP contribution in [0.2, 0.25) is 0 Å². The van der Waals surface area contributed by atoms with Crippen molar-refractivity contribution in [1.82, 2.24) is 14.2 Å². The summed E-state index contributed by atoms with van der Waals surface area (Å²) in [5.41, 5.74) is 1.11. The molecule has 0 bridgehead atoms. The molecule has 186 valence electrons. The molecule has 2 heterocycles. The first-order valence-electron chi connectivity index (χ1n) is 11.8. The number of carbonyl (C=O) groups excluding carboxylic acids is 1. The number of methoxy groups -OCH3 is 1. The number of aryl methyl sites for hydroxylation is 1. The Morgan fingerprint density at radius 1 is 1.00 bits per heavy atom. The molecular weight excluding hydrogens is 452 g/mol. The number of sulfonamides is 1. The van der Waals surface area contributed by atoms with Crippen molar-refractivity contribution in [1.29, 1.82) is 0 Å². The van der Waals surface area contributed by atoms with Gasteiger partial charge in [0.1, 0.15) is 16.5 Å². The number of pyridine rings is 1. The largest absolute Gasteiger partial charge is 0.497 e. The number of nitrogens with zero attached hydrogens (tertiary/aromatic N) is 4. The van der Waals surface area contributed by atoms with Crippen molar-refractivity contribution in [3.05, 3.63) is 48.2 Å². The molecule has 0 saturated carbocycles. The Morgan fingerprint density at radius 3 is 2.12 bits per heavy atom. The van der Waals surface area contributed by atoms with Crippen molar-refractivity contribution >= 4 is 21.7 Å². The summed E-state index contributed by atoms with van der Waals surface area (Å²) in [6, 6.07) is 10.9. The molecule has 0 spiro atoms. The molecule has 1 aliphatic rings. The molecule has 0 atom stereocenters. The molecule has 0 N–H and O–H groups in total. The smallest absolute Gasteiger partial charge is 0.245 e. The van der Waals surface area contributed by atoms with Crippen LogP contribution in [0.15, 0.2) is 47.5 Å². The molecular formula is C25H36N4O4S. The minimum atomic E-state index is -3.61. The molecule has 0 radical (unpaired) electrons. The second-order valence-corrected chi connectivity index (χ2v) is 10.9. The summed E-state index contributed by atoms with van der Waals surface area (Å²) in [6.45, 7) is 10.1. The highest BCUT2D eigenvalue weighted by atomic mass is 32.2. The van der Waals surface area contributed by atoms with Gasteiger partial charge >= 0.3 is 0 Å². The van der Waals surface area contributed by atoms with E-state index in [-0.39, 0.29) is 22.9 Å². The van der Waals surface area contributed by atoms with Gasteiger partial charge in [0.05, 0.1) is 7.11 Å². The number of piperazine rings is 1. The third kappa shape index (κ3) is 6.07. The highest BCUT2D eigenvalue weighted by molar-refractivity contribution is 7.89. The second kappa shape index (κ2) is 11.2. The van der Waals surface area contributed by atoms with Gasteiger partial charge in [0, 0.05) is 50.9 Å². The fourth-order valence-corrected chi connectivity index (χ4v) is 6.15. The molecule has 1 aromatic heterocycles. The molecule has 1 saturated heterocycles. The van der Waals surface area contributed by atoms with E-state index in [0.29, 0.717) is 39.0 Å². The summed E-state index contributed by atoms with van der Waals surface area (Å²) in [6.07, 6.45) is 2.61. The van der Waals surface area contributed by atoms with E-state index >= 15 is 0 Å². The normalized spacial score (nSPS) is 14.8. The molecule has 0 aliphatic carbocycles. The van der Waals surface area contributed by atoms with Crippen LogP contribution in [0.1, 0.15) is 39.7 Å². The van der Waals surface area contributed by atoms with E-state index in [1.807, 2.05) is 56.9 Å². The van der Waals surface area contributed by atoms with Crippen LogP contribution in [0.4, 0.5) is 5.82 Å². The van der Waals surface area contributed by atoms with Crippen LogP contribution < -0.4 is 9.64 Å². The number of rotatable bonds is 9. The third-order valence-corrected chi connectivity index (χ3v) is 8.29. The number of ether oxygens (including phenoxy) is 1. The van der Waals surface area contributed by atoms with Crippen LogP contribution in [0.5, 0.6) is 5.75 Å². The molecule has 2 aromatic rings. The molecule has 9 heteroatoms. The molecule has 1 aromatic carbocycles. The lowest BCUT2D eigenvalue weighted by atomic mass is 10.1. The Hall–Kier alpha value is -2.65. The van der Waals surface area contributed by atoms with Gasteiger partial charge in [0.15, 0.2) is 0 Å². The van der Waals surface area contributed by atoms with Gasteiger partial charge in [-0.1, -0.05) is 12.1 Å². The summed E-state index contributed by atoms with van der Waals surface area (Å²) >= 11 is 0. The van der Waals surface area contributed by atoms with Crippen LogP contribution in [0.25, 0.3) is 0 Å². The first-order chi connectivity index (χ1) is 16.1. The van der Waals surface area contributed by atoms with E-state index in [0.717, 1.165) is 17.1 Å². The van der Waals surface area contributed by atoms with Gasteiger partial charge in [0.2, 0.25) is 15.9 Å². The Morgan fingerprint density at radius 2 is 1.62 bits per heavy atom. The number of hydrogen-bond donors (Lipinski definition) is 0. The van der Waals surface area contributed by atoms with Crippen LogP contribution >= 0.6 is 0 Å². The fourth-order valence-electron chi connectivity index (χ4n) is 4.37. The number of anilines is 1. The first kappa shape index (κ1) is 26.0. The van der Waals surface area contributed by atoms with Crippen molar-refractivity contribution < 1.29 is 17.9 Å². The summed E-state index contributed by atoms with van der Waals surface area (Å²) in [4.78, 5) is 21.3. The zero-order valence-corrected chi connectivity index (χ0v) is 21.6. The number of hydrogen-bond acceptors (Lipinski definition) is 6. The predicted molar refractivity (Wildman–Crippen MR) is 134 cm³/mol. The van der Waals surface area contributed by atoms with Gasteiger partial charge in [-0.05, 0) is 63.9 Å². The quantitative estimate of drug-likeness (QED) is 0.539. The molecule has 34 heavy (non-hydrogen) atoms. The highest BCUT2D eigenvalue weighted by Crippen LogP contribution is 2.23. The second-order valence-electron chi connectivity index (χ2n) is 9.09. The van der Waals surface area contributed by atoms with E-state index in [1.54, 1.807) is 19.2 Å². The van der Waals surface area contributed by atoms with Crippen LogP contribution in [-0.2, 0) is 21.2 Å². The first-order valence-corrected chi connectivity index (χ1v) is 13.2. The lowest BCUT2D eigenvalue weighted by Crippen LogP contribution is -2.49. The SMILES string of the molecule is COc1ccc(CCC(=O)N2CCN(c3ccc(S(=O)(=O)N(C(C)C)C(C)C)cn3)CC2)cc1. The molecule has 1 amide bonds. The lowest BCUT2D eigenvalue weighted by Gasteiger charge is -2.35. The van der Waals surface area contributed by atoms with Crippen molar-refractivity contribution in [3.63, 3.8) is 0 Å². The summed E-state index contributed by atoms with van der Waals surface area (Å²) < 4.78 is 32.7. The fraction of sp³-hybridized carbons (Fsp3) is 0.520. The van der Waals surface area contributed by atoms with Gasteiger partial charge in [-0.3, -0.25) is 4.79 Å². The van der Waals surface area contributed by atoms with Gasteiger partial charge in [0.25, 0.3) is 0 Å². The lowest BCUT2D eigenvalue weighted by molar-refractivity contribution is -0.131. The van der Waals surface area contributed by atoms with Gasteiger partial charge in [-0.25, -0.2) is 13.4 Å². The van der Waals surface area contributed by atoms with Gasteiger partial charge < -0.3 is 14.5 Å². The minimum absolute atomic E-state index is 0.139. The highest BCUT2D eigenvalue weighted by Gasteiger charge is 2.30. The van der Waals surface area contributed by atoms with Crippen molar-refractivity contribution in [2.24, 2.45) is 0 Å². The van der Waals surface area contributed by atoms with Crippen molar-refractivity contribution in [2.75, 3.05) is 38.2 Å². The zero-order valence-electron chi connectivity index (χ0n) is 20.8. The van der Waals surface area contributed by atoms with Crippen molar-refractivity contribution in [2.45, 2.75) is 57.5 Å². The summed E-state index contributed by atoms with van der Waals surface area (Å²) in [5.74, 6) is 1.68. The van der Waals surface area contributed by atoms with E-state index in [4.69, 9.17) is 4.74 Å². The number of benzene rings is 1. The maximum absolute atomic E-state index is 13.0. The summed E-state index contributed by atoms with van der Waals surface area (Å²) in [5, 5.41) is 0. The average Bonchev–Trinajstić information content (AvgIpc) is 2.82. The Balaban J connectivity index is 1.55. The molecule has 8 nitrogen and oxygen atoms in total.